The Hall–Kier alpha value is -0.890. The zero-order valence-electron chi connectivity index (χ0n) is 10.2. The summed E-state index contributed by atoms with van der Waals surface area (Å²) in [6, 6.07) is 4.62. The number of pyridine rings is 1. The van der Waals surface area contributed by atoms with Crippen molar-refractivity contribution in [1.29, 1.82) is 0 Å². The molecule has 1 N–H and O–H groups in total. The van der Waals surface area contributed by atoms with Crippen molar-refractivity contribution in [1.82, 2.24) is 10.3 Å². The Balaban J connectivity index is 2.84. The van der Waals surface area contributed by atoms with Gasteiger partial charge in [-0.15, -0.1) is 0 Å². The van der Waals surface area contributed by atoms with E-state index >= 15 is 0 Å². The molecule has 15 heavy (non-hydrogen) atoms. The third kappa shape index (κ3) is 3.31. The Kier molecular flexibility index (Phi) is 4.76. The van der Waals surface area contributed by atoms with Crippen molar-refractivity contribution in [3.8, 4) is 0 Å². The number of aryl methyl sites for hydroxylation is 1. The molecule has 1 aromatic heterocycles. The summed E-state index contributed by atoms with van der Waals surface area (Å²) in [4.78, 5) is 4.35. The molecule has 0 radical (unpaired) electrons. The molecule has 1 unspecified atom stereocenters. The fraction of sp³-hybridized carbons (Fsp3) is 0.615. The van der Waals surface area contributed by atoms with Gasteiger partial charge in [-0.3, -0.25) is 4.98 Å². The van der Waals surface area contributed by atoms with E-state index in [4.69, 9.17) is 0 Å². The van der Waals surface area contributed by atoms with Gasteiger partial charge in [-0.2, -0.15) is 0 Å². The molecule has 1 rings (SSSR count). The Labute approximate surface area is 93.1 Å². The van der Waals surface area contributed by atoms with Crippen LogP contribution in [0.4, 0.5) is 0 Å². The lowest BCUT2D eigenvalue weighted by molar-refractivity contribution is 0.410. The van der Waals surface area contributed by atoms with Crippen molar-refractivity contribution >= 4 is 0 Å². The molecule has 0 saturated carbocycles. The van der Waals surface area contributed by atoms with Crippen molar-refractivity contribution in [3.05, 3.63) is 29.6 Å². The highest BCUT2D eigenvalue weighted by Crippen LogP contribution is 2.23. The number of hydrogen-bond acceptors (Lipinski definition) is 2. The van der Waals surface area contributed by atoms with Crippen molar-refractivity contribution in [2.45, 2.75) is 40.2 Å². The van der Waals surface area contributed by atoms with Gasteiger partial charge in [0.2, 0.25) is 0 Å². The van der Waals surface area contributed by atoms with E-state index in [1.165, 1.54) is 12.0 Å². The van der Waals surface area contributed by atoms with Gasteiger partial charge in [-0.05, 0) is 37.4 Å². The Morgan fingerprint density at radius 2 is 2.13 bits per heavy atom. The first kappa shape index (κ1) is 12.2. The van der Waals surface area contributed by atoms with Crippen LogP contribution < -0.4 is 5.32 Å². The van der Waals surface area contributed by atoms with Crippen LogP contribution in [0.25, 0.3) is 0 Å². The minimum atomic E-state index is 0.429. The maximum Gasteiger partial charge on any atom is 0.0420 e. The van der Waals surface area contributed by atoms with Crippen molar-refractivity contribution < 1.29 is 0 Å². The summed E-state index contributed by atoms with van der Waals surface area (Å²) in [5, 5.41) is 3.59. The Morgan fingerprint density at radius 3 is 2.67 bits per heavy atom. The van der Waals surface area contributed by atoms with E-state index in [0.29, 0.717) is 12.0 Å². The van der Waals surface area contributed by atoms with E-state index < -0.39 is 0 Å². The monoisotopic (exact) mass is 206 g/mol. The van der Waals surface area contributed by atoms with E-state index in [0.717, 1.165) is 12.2 Å². The lowest BCUT2D eigenvalue weighted by atomic mass is 9.95. The van der Waals surface area contributed by atoms with Gasteiger partial charge in [0.15, 0.2) is 0 Å². The first-order valence-corrected chi connectivity index (χ1v) is 5.81. The number of hydrogen-bond donors (Lipinski definition) is 1. The first-order chi connectivity index (χ1) is 7.16. The highest BCUT2D eigenvalue weighted by Gasteiger charge is 2.16. The third-order valence-electron chi connectivity index (χ3n) is 2.66. The standard InChI is InChI=1S/C13H22N2/c1-5-8-15-13(10(2)3)12-7-6-9-14-11(12)4/h6-7,9-10,13,15H,5,8H2,1-4H3. The molecule has 0 amide bonds. The molecule has 0 aliphatic rings. The normalized spacial score (nSPS) is 13.1. The van der Waals surface area contributed by atoms with Gasteiger partial charge in [0.05, 0.1) is 0 Å². The van der Waals surface area contributed by atoms with Crippen LogP contribution in [-0.4, -0.2) is 11.5 Å². The molecule has 0 aliphatic carbocycles. The van der Waals surface area contributed by atoms with Crippen LogP contribution in [0.1, 0.15) is 44.5 Å². The molecule has 2 heteroatoms. The number of rotatable bonds is 5. The molecule has 0 aromatic carbocycles. The summed E-state index contributed by atoms with van der Waals surface area (Å²) in [6.07, 6.45) is 3.03. The molecule has 0 aliphatic heterocycles. The van der Waals surface area contributed by atoms with Gasteiger partial charge in [0.1, 0.15) is 0 Å². The second-order valence-corrected chi connectivity index (χ2v) is 4.35. The molecule has 1 heterocycles. The smallest absolute Gasteiger partial charge is 0.0420 e. The van der Waals surface area contributed by atoms with E-state index in [9.17, 15) is 0 Å². The van der Waals surface area contributed by atoms with Crippen LogP contribution in [0.15, 0.2) is 18.3 Å². The summed E-state index contributed by atoms with van der Waals surface area (Å²) in [5.74, 6) is 0.597. The largest absolute Gasteiger partial charge is 0.310 e. The van der Waals surface area contributed by atoms with Crippen LogP contribution in [0.5, 0.6) is 0 Å². The maximum absolute atomic E-state index is 4.35. The van der Waals surface area contributed by atoms with Gasteiger partial charge >= 0.3 is 0 Å². The molecular formula is C13H22N2. The van der Waals surface area contributed by atoms with Gasteiger partial charge in [0, 0.05) is 17.9 Å². The second kappa shape index (κ2) is 5.86. The van der Waals surface area contributed by atoms with Crippen LogP contribution >= 0.6 is 0 Å². The summed E-state index contributed by atoms with van der Waals surface area (Å²) < 4.78 is 0. The highest BCUT2D eigenvalue weighted by molar-refractivity contribution is 5.22. The average Bonchev–Trinajstić information content (AvgIpc) is 2.20. The molecule has 1 atom stereocenters. The van der Waals surface area contributed by atoms with E-state index in [1.807, 2.05) is 12.3 Å². The predicted octanol–water partition coefficient (Wildman–Crippen LogP) is 3.09. The minimum Gasteiger partial charge on any atom is -0.310 e. The number of nitrogens with one attached hydrogen (secondary N) is 1. The van der Waals surface area contributed by atoms with E-state index in [2.05, 4.69) is 44.1 Å². The van der Waals surface area contributed by atoms with Crippen molar-refractivity contribution in [2.24, 2.45) is 5.92 Å². The molecule has 0 spiro atoms. The van der Waals surface area contributed by atoms with Gasteiger partial charge in [-0.1, -0.05) is 26.8 Å². The summed E-state index contributed by atoms with van der Waals surface area (Å²) in [7, 11) is 0. The summed E-state index contributed by atoms with van der Waals surface area (Å²) in [6.45, 7) is 9.84. The van der Waals surface area contributed by atoms with Crippen LogP contribution in [0.2, 0.25) is 0 Å². The summed E-state index contributed by atoms with van der Waals surface area (Å²) >= 11 is 0. The maximum atomic E-state index is 4.35. The fourth-order valence-electron chi connectivity index (χ4n) is 1.83. The van der Waals surface area contributed by atoms with E-state index in [-0.39, 0.29) is 0 Å². The molecule has 0 fully saturated rings. The van der Waals surface area contributed by atoms with Crippen molar-refractivity contribution in [3.63, 3.8) is 0 Å². The molecular weight excluding hydrogens is 184 g/mol. The Morgan fingerprint density at radius 1 is 1.40 bits per heavy atom. The lowest BCUT2D eigenvalue weighted by Crippen LogP contribution is -2.27. The number of aromatic nitrogens is 1. The van der Waals surface area contributed by atoms with Crippen LogP contribution in [0.3, 0.4) is 0 Å². The minimum absolute atomic E-state index is 0.429. The fourth-order valence-corrected chi connectivity index (χ4v) is 1.83. The topological polar surface area (TPSA) is 24.9 Å². The molecule has 84 valence electrons. The van der Waals surface area contributed by atoms with Crippen LogP contribution in [0, 0.1) is 12.8 Å². The predicted molar refractivity (Wildman–Crippen MR) is 64.8 cm³/mol. The number of nitrogens with zero attached hydrogens (tertiary/aromatic N) is 1. The zero-order chi connectivity index (χ0) is 11.3. The SMILES string of the molecule is CCCNC(c1cccnc1C)C(C)C. The molecule has 0 saturated heterocycles. The zero-order valence-corrected chi connectivity index (χ0v) is 10.2. The van der Waals surface area contributed by atoms with Gasteiger partial charge in [0.25, 0.3) is 0 Å². The molecule has 2 nitrogen and oxygen atoms in total. The molecule has 1 aromatic rings. The Bertz CT molecular complexity index is 294. The highest BCUT2D eigenvalue weighted by atomic mass is 14.9. The molecule has 0 bridgehead atoms. The lowest BCUT2D eigenvalue weighted by Gasteiger charge is -2.23. The second-order valence-electron chi connectivity index (χ2n) is 4.35. The van der Waals surface area contributed by atoms with Gasteiger partial charge < -0.3 is 5.32 Å². The van der Waals surface area contributed by atoms with Crippen molar-refractivity contribution in [2.75, 3.05) is 6.54 Å². The summed E-state index contributed by atoms with van der Waals surface area (Å²) in [5.41, 5.74) is 2.47. The average molecular weight is 206 g/mol. The van der Waals surface area contributed by atoms with Crippen LogP contribution in [-0.2, 0) is 0 Å². The van der Waals surface area contributed by atoms with Gasteiger partial charge in [-0.25, -0.2) is 0 Å². The quantitative estimate of drug-likeness (QED) is 0.800. The third-order valence-corrected chi connectivity index (χ3v) is 2.66. The van der Waals surface area contributed by atoms with E-state index in [1.54, 1.807) is 0 Å². The first-order valence-electron chi connectivity index (χ1n) is 5.81.